The molecule has 0 saturated heterocycles. The molecule has 3 rings (SSSR count). The van der Waals surface area contributed by atoms with E-state index in [-0.39, 0.29) is 10.1 Å². The summed E-state index contributed by atoms with van der Waals surface area (Å²) in [4.78, 5) is 0.899. The quantitative estimate of drug-likeness (QED) is 0.769. The number of hydrogen-bond acceptors (Lipinski definition) is 5. The van der Waals surface area contributed by atoms with Crippen molar-refractivity contribution in [2.75, 3.05) is 4.72 Å². The Morgan fingerprint density at radius 2 is 1.74 bits per heavy atom. The van der Waals surface area contributed by atoms with Gasteiger partial charge in [0.1, 0.15) is 4.21 Å². The van der Waals surface area contributed by atoms with Crippen LogP contribution in [0.4, 0.5) is 5.88 Å². The van der Waals surface area contributed by atoms with Gasteiger partial charge in [-0.1, -0.05) is 35.0 Å². The van der Waals surface area contributed by atoms with Gasteiger partial charge in [-0.25, -0.2) is 13.1 Å². The second kappa shape index (κ2) is 5.82. The zero-order valence-electron chi connectivity index (χ0n) is 13.0. The van der Waals surface area contributed by atoms with Crippen molar-refractivity contribution >= 4 is 27.2 Å². The Morgan fingerprint density at radius 1 is 1.04 bits per heavy atom. The van der Waals surface area contributed by atoms with Gasteiger partial charge in [-0.3, -0.25) is 0 Å². The van der Waals surface area contributed by atoms with Gasteiger partial charge in [0.15, 0.2) is 0 Å². The number of nitrogens with one attached hydrogen (secondary N) is 1. The van der Waals surface area contributed by atoms with Crippen molar-refractivity contribution in [2.45, 2.75) is 25.0 Å². The molecule has 1 N–H and O–H groups in total. The van der Waals surface area contributed by atoms with Crippen LogP contribution in [0.5, 0.6) is 0 Å². The molecular weight excluding hydrogens is 332 g/mol. The van der Waals surface area contributed by atoms with E-state index < -0.39 is 10.0 Å². The van der Waals surface area contributed by atoms with Gasteiger partial charge in [0.05, 0.1) is 5.69 Å². The zero-order valence-corrected chi connectivity index (χ0v) is 14.6. The first kappa shape index (κ1) is 15.8. The molecule has 0 spiro atoms. The van der Waals surface area contributed by atoms with Gasteiger partial charge in [0.25, 0.3) is 10.0 Å². The summed E-state index contributed by atoms with van der Waals surface area (Å²) in [6.07, 6.45) is 0. The molecule has 0 aliphatic carbocycles. The lowest BCUT2D eigenvalue weighted by Crippen LogP contribution is -2.11. The number of hydrogen-bond donors (Lipinski definition) is 1. The summed E-state index contributed by atoms with van der Waals surface area (Å²) in [6.45, 7) is 5.53. The molecule has 7 heteroatoms. The van der Waals surface area contributed by atoms with Crippen LogP contribution in [0, 0.1) is 20.8 Å². The Bertz CT molecular complexity index is 938. The molecule has 0 unspecified atom stereocenters. The van der Waals surface area contributed by atoms with Crippen LogP contribution in [-0.4, -0.2) is 13.6 Å². The zero-order chi connectivity index (χ0) is 16.6. The minimum absolute atomic E-state index is 0.160. The Labute approximate surface area is 139 Å². The smallest absolute Gasteiger partial charge is 0.273 e. The lowest BCUT2D eigenvalue weighted by atomic mass is 10.1. The van der Waals surface area contributed by atoms with Gasteiger partial charge in [0.2, 0.25) is 5.88 Å². The predicted octanol–water partition coefficient (Wildman–Crippen LogP) is 4.13. The number of rotatable bonds is 4. The number of nitrogens with zero attached hydrogens (tertiary/aromatic N) is 1. The van der Waals surface area contributed by atoms with E-state index in [4.69, 9.17) is 4.52 Å². The lowest BCUT2D eigenvalue weighted by molar-refractivity contribution is 0.430. The first-order valence-electron chi connectivity index (χ1n) is 6.99. The van der Waals surface area contributed by atoms with Crippen LogP contribution < -0.4 is 4.72 Å². The lowest BCUT2D eigenvalue weighted by Gasteiger charge is -2.03. The van der Waals surface area contributed by atoms with Crippen molar-refractivity contribution in [1.29, 1.82) is 0 Å². The first-order chi connectivity index (χ1) is 10.9. The highest BCUT2D eigenvalue weighted by atomic mass is 32.2. The second-order valence-electron chi connectivity index (χ2n) is 5.31. The summed E-state index contributed by atoms with van der Waals surface area (Å²) in [5, 5.41) is 3.76. The largest absolute Gasteiger partial charge is 0.337 e. The molecular formula is C16H16N2O3S2. The maximum Gasteiger partial charge on any atom is 0.273 e. The number of sulfonamides is 1. The van der Waals surface area contributed by atoms with Crippen molar-refractivity contribution in [2.24, 2.45) is 0 Å². The molecule has 0 amide bonds. The Morgan fingerprint density at radius 3 is 2.35 bits per heavy atom. The standard InChI is InChI=1S/C16H16N2O3S2/c1-10-4-6-13(7-5-10)14-8-9-15(22-14)23(19,20)18-16-11(2)12(3)17-21-16/h4-9,18H,1-3H3. The molecule has 5 nitrogen and oxygen atoms in total. The Balaban J connectivity index is 1.89. The molecule has 0 saturated carbocycles. The number of benzene rings is 1. The van der Waals surface area contributed by atoms with Crippen LogP contribution >= 0.6 is 11.3 Å². The normalized spacial score (nSPS) is 11.6. The van der Waals surface area contributed by atoms with Gasteiger partial charge in [-0.2, -0.15) is 0 Å². The third-order valence-corrected chi connectivity index (χ3v) is 6.52. The summed E-state index contributed by atoms with van der Waals surface area (Å²) in [6, 6.07) is 11.4. The van der Waals surface area contributed by atoms with Crippen molar-refractivity contribution in [3.05, 3.63) is 53.2 Å². The molecule has 0 fully saturated rings. The van der Waals surface area contributed by atoms with Crippen molar-refractivity contribution in [3.63, 3.8) is 0 Å². The van der Waals surface area contributed by atoms with E-state index >= 15 is 0 Å². The van der Waals surface area contributed by atoms with E-state index in [1.165, 1.54) is 11.3 Å². The second-order valence-corrected chi connectivity index (χ2v) is 8.31. The molecule has 0 bridgehead atoms. The minimum Gasteiger partial charge on any atom is -0.337 e. The van der Waals surface area contributed by atoms with E-state index in [0.29, 0.717) is 11.3 Å². The third-order valence-electron chi connectivity index (χ3n) is 3.57. The molecule has 3 aromatic rings. The fourth-order valence-corrected chi connectivity index (χ4v) is 4.38. The van der Waals surface area contributed by atoms with Crippen LogP contribution in [0.25, 0.3) is 10.4 Å². The summed E-state index contributed by atoms with van der Waals surface area (Å²) in [7, 11) is -3.68. The van der Waals surface area contributed by atoms with Crippen molar-refractivity contribution in [1.82, 2.24) is 5.16 Å². The monoisotopic (exact) mass is 348 g/mol. The number of aromatic nitrogens is 1. The van der Waals surface area contributed by atoms with Crippen molar-refractivity contribution < 1.29 is 12.9 Å². The van der Waals surface area contributed by atoms with Gasteiger partial charge in [-0.05, 0) is 38.5 Å². The third kappa shape index (κ3) is 3.16. The van der Waals surface area contributed by atoms with E-state index in [1.54, 1.807) is 19.9 Å². The predicted molar refractivity (Wildman–Crippen MR) is 91.3 cm³/mol. The molecule has 2 aromatic heterocycles. The highest BCUT2D eigenvalue weighted by molar-refractivity contribution is 7.94. The Hall–Kier alpha value is -2.12. The fourth-order valence-electron chi connectivity index (χ4n) is 2.02. The van der Waals surface area contributed by atoms with Gasteiger partial charge in [-0.15, -0.1) is 11.3 Å². The van der Waals surface area contributed by atoms with Gasteiger partial charge in [0, 0.05) is 10.4 Å². The SMILES string of the molecule is Cc1ccc(-c2ccc(S(=O)(=O)Nc3onc(C)c3C)s2)cc1. The summed E-state index contributed by atoms with van der Waals surface area (Å²) in [5.41, 5.74) is 3.50. The molecule has 0 atom stereocenters. The number of anilines is 1. The van der Waals surface area contributed by atoms with Crippen molar-refractivity contribution in [3.8, 4) is 10.4 Å². The van der Waals surface area contributed by atoms with E-state index in [1.807, 2.05) is 37.3 Å². The van der Waals surface area contributed by atoms with Crippen LogP contribution in [0.2, 0.25) is 0 Å². The topological polar surface area (TPSA) is 72.2 Å². The average molecular weight is 348 g/mol. The molecule has 2 heterocycles. The van der Waals surface area contributed by atoms with E-state index in [2.05, 4.69) is 9.88 Å². The van der Waals surface area contributed by atoms with Crippen LogP contribution in [0.3, 0.4) is 0 Å². The summed E-state index contributed by atoms with van der Waals surface area (Å²) < 4.78 is 32.7. The first-order valence-corrected chi connectivity index (χ1v) is 9.29. The summed E-state index contributed by atoms with van der Waals surface area (Å²) >= 11 is 1.22. The number of thiophene rings is 1. The van der Waals surface area contributed by atoms with E-state index in [0.717, 1.165) is 16.0 Å². The van der Waals surface area contributed by atoms with Crippen LogP contribution in [0.15, 0.2) is 45.1 Å². The summed E-state index contributed by atoms with van der Waals surface area (Å²) in [5.74, 6) is 0.160. The highest BCUT2D eigenvalue weighted by Crippen LogP contribution is 2.32. The Kier molecular flexibility index (Phi) is 3.99. The molecule has 1 aromatic carbocycles. The fraction of sp³-hybridized carbons (Fsp3) is 0.188. The van der Waals surface area contributed by atoms with Crippen LogP contribution in [0.1, 0.15) is 16.8 Å². The molecule has 23 heavy (non-hydrogen) atoms. The maximum absolute atomic E-state index is 12.5. The van der Waals surface area contributed by atoms with Crippen LogP contribution in [-0.2, 0) is 10.0 Å². The molecule has 0 aliphatic rings. The highest BCUT2D eigenvalue weighted by Gasteiger charge is 2.21. The maximum atomic E-state index is 12.5. The van der Waals surface area contributed by atoms with Gasteiger partial charge >= 0.3 is 0 Å². The molecule has 0 radical (unpaired) electrons. The number of aryl methyl sites for hydroxylation is 2. The molecule has 0 aliphatic heterocycles. The minimum atomic E-state index is -3.68. The molecule has 120 valence electrons. The van der Waals surface area contributed by atoms with Gasteiger partial charge < -0.3 is 4.52 Å². The van der Waals surface area contributed by atoms with E-state index in [9.17, 15) is 8.42 Å². The average Bonchev–Trinajstić information content (AvgIpc) is 3.11.